The van der Waals surface area contributed by atoms with Gasteiger partial charge >= 0.3 is 0 Å². The standard InChI is InChI=1S/C20H17F2N3O4S/c1-13-8-16(25-30(27,28)19-3-2-14(21)10-18(19)22)11-17(9-13)29-12-20(26)24-15-4-6-23-7-5-15/h2-11,25H,12H2,1H3,(H,23,24,26). The normalized spacial score (nSPS) is 11.0. The molecule has 0 saturated carbocycles. The highest BCUT2D eigenvalue weighted by atomic mass is 32.2. The van der Waals surface area contributed by atoms with Crippen molar-refractivity contribution in [3.05, 3.63) is 78.1 Å². The number of hydrogen-bond donors (Lipinski definition) is 2. The fourth-order valence-corrected chi connectivity index (χ4v) is 3.68. The molecule has 0 radical (unpaired) electrons. The van der Waals surface area contributed by atoms with Crippen LogP contribution in [0, 0.1) is 18.6 Å². The highest BCUT2D eigenvalue weighted by molar-refractivity contribution is 7.92. The van der Waals surface area contributed by atoms with E-state index in [-0.39, 0.29) is 18.0 Å². The molecule has 3 aromatic rings. The van der Waals surface area contributed by atoms with Gasteiger partial charge in [-0.2, -0.15) is 0 Å². The van der Waals surface area contributed by atoms with E-state index in [1.54, 1.807) is 25.1 Å². The minimum Gasteiger partial charge on any atom is -0.484 e. The third-order valence-corrected chi connectivity index (χ3v) is 5.24. The largest absolute Gasteiger partial charge is 0.484 e. The van der Waals surface area contributed by atoms with Gasteiger partial charge in [-0.05, 0) is 48.9 Å². The van der Waals surface area contributed by atoms with Gasteiger partial charge in [0.2, 0.25) is 0 Å². The minimum absolute atomic E-state index is 0.100. The van der Waals surface area contributed by atoms with Crippen LogP contribution in [0.15, 0.2) is 65.8 Å². The number of benzene rings is 2. The first-order valence-corrected chi connectivity index (χ1v) is 10.1. The van der Waals surface area contributed by atoms with Gasteiger partial charge in [-0.3, -0.25) is 14.5 Å². The first-order chi connectivity index (χ1) is 14.2. The van der Waals surface area contributed by atoms with Crippen LogP contribution in [0.1, 0.15) is 5.56 Å². The summed E-state index contributed by atoms with van der Waals surface area (Å²) < 4.78 is 59.5. The first-order valence-electron chi connectivity index (χ1n) is 8.65. The summed E-state index contributed by atoms with van der Waals surface area (Å²) in [5.41, 5.74) is 1.29. The smallest absolute Gasteiger partial charge is 0.264 e. The lowest BCUT2D eigenvalue weighted by atomic mass is 10.2. The number of carbonyl (C=O) groups excluding carboxylic acids is 1. The lowest BCUT2D eigenvalue weighted by Crippen LogP contribution is -2.20. The SMILES string of the molecule is Cc1cc(NS(=O)(=O)c2ccc(F)cc2F)cc(OCC(=O)Nc2ccncc2)c1. The molecule has 3 rings (SSSR count). The van der Waals surface area contributed by atoms with E-state index >= 15 is 0 Å². The molecule has 2 aromatic carbocycles. The second-order valence-corrected chi connectivity index (χ2v) is 7.94. The zero-order chi connectivity index (χ0) is 21.7. The quantitative estimate of drug-likeness (QED) is 0.595. The van der Waals surface area contributed by atoms with Crippen LogP contribution in [0.25, 0.3) is 0 Å². The second-order valence-electron chi connectivity index (χ2n) is 6.29. The Morgan fingerprint density at radius 1 is 1.03 bits per heavy atom. The van der Waals surface area contributed by atoms with Crippen molar-refractivity contribution >= 4 is 27.3 Å². The van der Waals surface area contributed by atoms with Crippen LogP contribution in [0.4, 0.5) is 20.2 Å². The number of pyridine rings is 1. The van der Waals surface area contributed by atoms with Gasteiger partial charge < -0.3 is 10.1 Å². The Kier molecular flexibility index (Phi) is 6.26. The van der Waals surface area contributed by atoms with Crippen LogP contribution in [0.2, 0.25) is 0 Å². The molecule has 2 N–H and O–H groups in total. The molecule has 0 aliphatic heterocycles. The Morgan fingerprint density at radius 2 is 1.77 bits per heavy atom. The predicted molar refractivity (Wildman–Crippen MR) is 107 cm³/mol. The number of ether oxygens (including phenoxy) is 1. The Bertz CT molecular complexity index is 1170. The highest BCUT2D eigenvalue weighted by Crippen LogP contribution is 2.24. The molecule has 1 aromatic heterocycles. The summed E-state index contributed by atoms with van der Waals surface area (Å²) in [5.74, 6) is -2.28. The van der Waals surface area contributed by atoms with Gasteiger partial charge in [-0.15, -0.1) is 0 Å². The van der Waals surface area contributed by atoms with Crippen molar-refractivity contribution in [1.29, 1.82) is 0 Å². The Balaban J connectivity index is 1.71. The highest BCUT2D eigenvalue weighted by Gasteiger charge is 2.20. The molecule has 0 saturated heterocycles. The van der Waals surface area contributed by atoms with Gasteiger partial charge in [0.25, 0.3) is 15.9 Å². The van der Waals surface area contributed by atoms with E-state index in [2.05, 4.69) is 15.0 Å². The number of sulfonamides is 1. The summed E-state index contributed by atoms with van der Waals surface area (Å²) in [5, 5.41) is 2.62. The van der Waals surface area contributed by atoms with Crippen LogP contribution in [0.5, 0.6) is 5.75 Å². The van der Waals surface area contributed by atoms with Gasteiger partial charge in [-0.25, -0.2) is 17.2 Å². The number of amides is 1. The average molecular weight is 433 g/mol. The molecule has 0 aliphatic carbocycles. The van der Waals surface area contributed by atoms with E-state index < -0.39 is 32.5 Å². The summed E-state index contributed by atoms with van der Waals surface area (Å²) in [6.07, 6.45) is 3.05. The Labute approximate surface area is 171 Å². The van der Waals surface area contributed by atoms with Crippen molar-refractivity contribution in [2.24, 2.45) is 0 Å². The summed E-state index contributed by atoms with van der Waals surface area (Å²) in [6.45, 7) is 1.38. The van der Waals surface area contributed by atoms with Crippen LogP contribution < -0.4 is 14.8 Å². The number of anilines is 2. The van der Waals surface area contributed by atoms with Gasteiger partial charge in [0.15, 0.2) is 6.61 Å². The molecule has 7 nitrogen and oxygen atoms in total. The van der Waals surface area contributed by atoms with Crippen molar-refractivity contribution in [1.82, 2.24) is 4.98 Å². The monoisotopic (exact) mass is 433 g/mol. The topological polar surface area (TPSA) is 97.4 Å². The summed E-state index contributed by atoms with van der Waals surface area (Å²) in [4.78, 5) is 15.1. The molecule has 0 spiro atoms. The molecule has 0 unspecified atom stereocenters. The summed E-state index contributed by atoms with van der Waals surface area (Å²) in [7, 11) is -4.30. The molecule has 0 aliphatic rings. The van der Waals surface area contributed by atoms with Crippen molar-refractivity contribution < 1.29 is 26.7 Å². The van der Waals surface area contributed by atoms with E-state index in [1.165, 1.54) is 24.5 Å². The number of nitrogens with zero attached hydrogens (tertiary/aromatic N) is 1. The molecule has 1 heterocycles. The van der Waals surface area contributed by atoms with Crippen LogP contribution in [-0.2, 0) is 14.8 Å². The lowest BCUT2D eigenvalue weighted by molar-refractivity contribution is -0.118. The molecule has 10 heteroatoms. The molecule has 0 bridgehead atoms. The molecule has 30 heavy (non-hydrogen) atoms. The van der Waals surface area contributed by atoms with E-state index in [1.807, 2.05) is 0 Å². The van der Waals surface area contributed by atoms with Crippen LogP contribution in [-0.4, -0.2) is 25.9 Å². The van der Waals surface area contributed by atoms with Crippen molar-refractivity contribution in [2.45, 2.75) is 11.8 Å². The molecular formula is C20H17F2N3O4S. The number of halogens is 2. The van der Waals surface area contributed by atoms with E-state index in [4.69, 9.17) is 4.74 Å². The van der Waals surface area contributed by atoms with Crippen molar-refractivity contribution in [3.8, 4) is 5.75 Å². The summed E-state index contributed by atoms with van der Waals surface area (Å²) >= 11 is 0. The first kappa shape index (κ1) is 21.2. The number of aromatic nitrogens is 1. The second kappa shape index (κ2) is 8.87. The van der Waals surface area contributed by atoms with E-state index in [0.717, 1.165) is 12.1 Å². The maximum absolute atomic E-state index is 13.9. The predicted octanol–water partition coefficient (Wildman–Crippen LogP) is 3.49. The number of nitrogens with one attached hydrogen (secondary N) is 2. The van der Waals surface area contributed by atoms with Gasteiger partial charge in [0.1, 0.15) is 22.3 Å². The van der Waals surface area contributed by atoms with Crippen molar-refractivity contribution in [2.75, 3.05) is 16.6 Å². The lowest BCUT2D eigenvalue weighted by Gasteiger charge is -2.12. The van der Waals surface area contributed by atoms with E-state index in [9.17, 15) is 22.0 Å². The number of carbonyl (C=O) groups is 1. The fourth-order valence-electron chi connectivity index (χ4n) is 2.57. The zero-order valence-electron chi connectivity index (χ0n) is 15.7. The van der Waals surface area contributed by atoms with Crippen LogP contribution >= 0.6 is 0 Å². The maximum atomic E-state index is 13.9. The summed E-state index contributed by atoms with van der Waals surface area (Å²) in [6, 6.07) is 9.87. The Morgan fingerprint density at radius 3 is 2.47 bits per heavy atom. The molecule has 156 valence electrons. The third-order valence-electron chi connectivity index (χ3n) is 3.82. The minimum atomic E-state index is -4.30. The molecular weight excluding hydrogens is 416 g/mol. The number of rotatable bonds is 7. The molecule has 0 atom stereocenters. The average Bonchev–Trinajstić information content (AvgIpc) is 2.66. The number of aryl methyl sites for hydroxylation is 1. The zero-order valence-corrected chi connectivity index (χ0v) is 16.5. The van der Waals surface area contributed by atoms with Gasteiger partial charge in [-0.1, -0.05) is 0 Å². The van der Waals surface area contributed by atoms with Gasteiger partial charge in [0.05, 0.1) is 5.69 Å². The fraction of sp³-hybridized carbons (Fsp3) is 0.100. The molecule has 1 amide bonds. The maximum Gasteiger partial charge on any atom is 0.264 e. The van der Waals surface area contributed by atoms with Gasteiger partial charge in [0, 0.05) is 30.2 Å². The number of hydrogen-bond acceptors (Lipinski definition) is 5. The third kappa shape index (κ3) is 5.51. The molecule has 0 fully saturated rings. The van der Waals surface area contributed by atoms with Crippen LogP contribution in [0.3, 0.4) is 0 Å². The van der Waals surface area contributed by atoms with E-state index in [0.29, 0.717) is 17.3 Å². The van der Waals surface area contributed by atoms with Crippen molar-refractivity contribution in [3.63, 3.8) is 0 Å². The Hall–Kier alpha value is -3.53.